The van der Waals surface area contributed by atoms with Crippen LogP contribution in [0.25, 0.3) is 0 Å². The van der Waals surface area contributed by atoms with Gasteiger partial charge in [-0.25, -0.2) is 0 Å². The van der Waals surface area contributed by atoms with Gasteiger partial charge in [0.1, 0.15) is 6.10 Å². The molecular weight excluding hydrogens is 460 g/mol. The number of carbonyl (C=O) groups excluding carboxylic acids is 1. The van der Waals surface area contributed by atoms with Crippen molar-refractivity contribution in [3.05, 3.63) is 0 Å². The maximum absolute atomic E-state index is 12.2. The first-order valence-electron chi connectivity index (χ1n) is 16.5. The number of unbranched alkanes of at least 4 members (excludes halogenated alkanes) is 23. The summed E-state index contributed by atoms with van der Waals surface area (Å²) in [4.78, 5) is 23.4. The Morgan fingerprint density at radius 3 is 1.19 bits per heavy atom. The highest BCUT2D eigenvalue weighted by Crippen LogP contribution is 2.17. The molecule has 0 amide bonds. The van der Waals surface area contributed by atoms with Gasteiger partial charge in [0.25, 0.3) is 0 Å². The zero-order valence-corrected chi connectivity index (χ0v) is 25.0. The number of esters is 1. The SMILES string of the molecule is CCCCCCCCCCCCCCCC(CC(=O)O)OC(=O)CCCCCCCCCCCCCC. The molecule has 220 valence electrons. The van der Waals surface area contributed by atoms with E-state index in [0.717, 1.165) is 25.7 Å². The van der Waals surface area contributed by atoms with Crippen LogP contribution in [0, 0.1) is 0 Å². The van der Waals surface area contributed by atoms with Crippen molar-refractivity contribution >= 4 is 11.9 Å². The van der Waals surface area contributed by atoms with Gasteiger partial charge < -0.3 is 9.84 Å². The summed E-state index contributed by atoms with van der Waals surface area (Å²) in [7, 11) is 0. The highest BCUT2D eigenvalue weighted by Gasteiger charge is 2.17. The lowest BCUT2D eigenvalue weighted by Gasteiger charge is -2.16. The van der Waals surface area contributed by atoms with Gasteiger partial charge in [-0.2, -0.15) is 0 Å². The lowest BCUT2D eigenvalue weighted by Crippen LogP contribution is -2.21. The molecule has 0 spiro atoms. The zero-order chi connectivity index (χ0) is 27.2. The van der Waals surface area contributed by atoms with Crippen LogP contribution >= 0.6 is 0 Å². The Balaban J connectivity index is 3.66. The summed E-state index contributed by atoms with van der Waals surface area (Å²) in [5.74, 6) is -1.09. The number of hydrogen-bond acceptors (Lipinski definition) is 3. The smallest absolute Gasteiger partial charge is 0.307 e. The molecule has 37 heavy (non-hydrogen) atoms. The highest BCUT2D eigenvalue weighted by molar-refractivity contribution is 5.71. The van der Waals surface area contributed by atoms with E-state index in [9.17, 15) is 14.7 Å². The standard InChI is InChI=1S/C33H64O4/c1-3-5-7-9-11-13-15-17-18-20-22-24-26-28-31(30-32(34)35)37-33(36)29-27-25-23-21-19-16-14-12-10-8-6-4-2/h31H,3-30H2,1-2H3,(H,34,35). The molecule has 0 aliphatic carbocycles. The monoisotopic (exact) mass is 524 g/mol. The molecule has 4 nitrogen and oxygen atoms in total. The first-order chi connectivity index (χ1) is 18.1. The van der Waals surface area contributed by atoms with Gasteiger partial charge in [-0.3, -0.25) is 9.59 Å². The molecule has 1 N–H and O–H groups in total. The Hall–Kier alpha value is -1.06. The van der Waals surface area contributed by atoms with Gasteiger partial charge in [-0.1, -0.05) is 162 Å². The fourth-order valence-electron chi connectivity index (χ4n) is 5.14. The van der Waals surface area contributed by atoms with E-state index in [-0.39, 0.29) is 12.4 Å². The Morgan fingerprint density at radius 1 is 0.514 bits per heavy atom. The van der Waals surface area contributed by atoms with Crippen LogP contribution in [0.2, 0.25) is 0 Å². The number of carboxylic acids is 1. The maximum Gasteiger partial charge on any atom is 0.307 e. The summed E-state index contributed by atoms with van der Waals surface area (Å²) in [6.45, 7) is 4.52. The number of carboxylic acid groups (broad SMARTS) is 1. The molecule has 0 radical (unpaired) electrons. The van der Waals surface area contributed by atoms with Crippen molar-refractivity contribution in [2.45, 2.75) is 200 Å². The van der Waals surface area contributed by atoms with Crippen molar-refractivity contribution in [3.8, 4) is 0 Å². The Kier molecular flexibility index (Phi) is 28.7. The molecule has 0 saturated carbocycles. The van der Waals surface area contributed by atoms with E-state index in [0.29, 0.717) is 12.8 Å². The zero-order valence-electron chi connectivity index (χ0n) is 25.0. The summed E-state index contributed by atoms with van der Waals surface area (Å²) < 4.78 is 5.55. The van der Waals surface area contributed by atoms with Crippen molar-refractivity contribution in [2.75, 3.05) is 0 Å². The van der Waals surface area contributed by atoms with E-state index in [4.69, 9.17) is 4.74 Å². The maximum atomic E-state index is 12.2. The topological polar surface area (TPSA) is 63.6 Å². The van der Waals surface area contributed by atoms with Crippen LogP contribution in [0.4, 0.5) is 0 Å². The minimum absolute atomic E-state index is 0.0670. The summed E-state index contributed by atoms with van der Waals surface area (Å²) in [6, 6.07) is 0. The average molecular weight is 525 g/mol. The molecule has 0 saturated heterocycles. The van der Waals surface area contributed by atoms with Crippen LogP contribution in [0.5, 0.6) is 0 Å². The predicted octanol–water partition coefficient (Wildman–Crippen LogP) is 10.9. The van der Waals surface area contributed by atoms with Crippen LogP contribution in [-0.2, 0) is 14.3 Å². The molecule has 1 unspecified atom stereocenters. The van der Waals surface area contributed by atoms with Gasteiger partial charge in [0.15, 0.2) is 0 Å². The second-order valence-electron chi connectivity index (χ2n) is 11.4. The molecule has 0 aromatic carbocycles. The van der Waals surface area contributed by atoms with E-state index in [2.05, 4.69) is 13.8 Å². The average Bonchev–Trinajstić information content (AvgIpc) is 2.87. The molecule has 0 fully saturated rings. The summed E-state index contributed by atoms with van der Waals surface area (Å²) in [5.41, 5.74) is 0. The number of carbonyl (C=O) groups is 2. The van der Waals surface area contributed by atoms with E-state index >= 15 is 0 Å². The fourth-order valence-corrected chi connectivity index (χ4v) is 5.14. The summed E-state index contributed by atoms with van der Waals surface area (Å²) >= 11 is 0. The first-order valence-corrected chi connectivity index (χ1v) is 16.5. The quantitative estimate of drug-likeness (QED) is 0.0749. The van der Waals surface area contributed by atoms with Crippen molar-refractivity contribution in [1.82, 2.24) is 0 Å². The van der Waals surface area contributed by atoms with Gasteiger partial charge in [-0.05, 0) is 19.3 Å². The second-order valence-corrected chi connectivity index (χ2v) is 11.4. The third-order valence-corrected chi connectivity index (χ3v) is 7.56. The fraction of sp³-hybridized carbons (Fsp3) is 0.939. The van der Waals surface area contributed by atoms with E-state index in [1.54, 1.807) is 0 Å². The van der Waals surface area contributed by atoms with Gasteiger partial charge in [0.2, 0.25) is 0 Å². The molecule has 0 bridgehead atoms. The van der Waals surface area contributed by atoms with Crippen molar-refractivity contribution in [2.24, 2.45) is 0 Å². The van der Waals surface area contributed by atoms with E-state index in [1.807, 2.05) is 0 Å². The number of hydrogen-bond donors (Lipinski definition) is 1. The lowest BCUT2D eigenvalue weighted by molar-refractivity contribution is -0.153. The minimum Gasteiger partial charge on any atom is -0.481 e. The summed E-state index contributed by atoms with van der Waals surface area (Å²) in [5, 5.41) is 9.20. The largest absolute Gasteiger partial charge is 0.481 e. The number of rotatable bonds is 30. The normalized spacial score (nSPS) is 12.1. The van der Waals surface area contributed by atoms with Crippen LogP contribution in [0.15, 0.2) is 0 Å². The van der Waals surface area contributed by atoms with Crippen molar-refractivity contribution in [1.29, 1.82) is 0 Å². The molecule has 0 heterocycles. The third kappa shape index (κ3) is 29.4. The van der Waals surface area contributed by atoms with Gasteiger partial charge >= 0.3 is 11.9 Å². The second kappa shape index (κ2) is 29.5. The van der Waals surface area contributed by atoms with Crippen LogP contribution < -0.4 is 0 Å². The molecule has 4 heteroatoms. The van der Waals surface area contributed by atoms with Gasteiger partial charge in [0, 0.05) is 6.42 Å². The summed E-state index contributed by atoms with van der Waals surface area (Å²) in [6.07, 6.45) is 32.5. The Morgan fingerprint density at radius 2 is 0.838 bits per heavy atom. The molecule has 0 aliphatic heterocycles. The Bertz CT molecular complexity index is 491. The number of ether oxygens (including phenoxy) is 1. The highest BCUT2D eigenvalue weighted by atomic mass is 16.5. The first kappa shape index (κ1) is 35.9. The van der Waals surface area contributed by atoms with Crippen molar-refractivity contribution < 1.29 is 19.4 Å². The number of aliphatic carboxylic acids is 1. The minimum atomic E-state index is -0.877. The lowest BCUT2D eigenvalue weighted by atomic mass is 10.0. The Labute approximate surface area is 231 Å². The van der Waals surface area contributed by atoms with Crippen LogP contribution in [-0.4, -0.2) is 23.1 Å². The van der Waals surface area contributed by atoms with E-state index in [1.165, 1.54) is 135 Å². The molecule has 0 aromatic heterocycles. The van der Waals surface area contributed by atoms with Crippen molar-refractivity contribution in [3.63, 3.8) is 0 Å². The van der Waals surface area contributed by atoms with Gasteiger partial charge in [0.05, 0.1) is 6.42 Å². The van der Waals surface area contributed by atoms with Crippen LogP contribution in [0.3, 0.4) is 0 Å². The van der Waals surface area contributed by atoms with Gasteiger partial charge in [-0.15, -0.1) is 0 Å². The third-order valence-electron chi connectivity index (χ3n) is 7.56. The molecule has 0 aromatic rings. The predicted molar refractivity (Wildman–Crippen MR) is 158 cm³/mol. The van der Waals surface area contributed by atoms with E-state index < -0.39 is 12.1 Å². The molecular formula is C33H64O4. The molecule has 0 rings (SSSR count). The van der Waals surface area contributed by atoms with Crippen LogP contribution in [0.1, 0.15) is 194 Å². The molecule has 1 atom stereocenters. The molecule has 0 aliphatic rings.